The van der Waals surface area contributed by atoms with Crippen LogP contribution >= 0.6 is 15.9 Å². The van der Waals surface area contributed by atoms with Gasteiger partial charge in [-0.3, -0.25) is 4.79 Å². The summed E-state index contributed by atoms with van der Waals surface area (Å²) < 4.78 is 5.22. The summed E-state index contributed by atoms with van der Waals surface area (Å²) in [7, 11) is 0. The first-order chi connectivity index (χ1) is 8.43. The summed E-state index contributed by atoms with van der Waals surface area (Å²) >= 11 is 3.44. The number of amides is 1. The van der Waals surface area contributed by atoms with Crippen molar-refractivity contribution >= 4 is 21.8 Å². The fourth-order valence-electron chi connectivity index (χ4n) is 1.79. The summed E-state index contributed by atoms with van der Waals surface area (Å²) in [5, 5.41) is 4.01. The molecule has 0 aliphatic carbocycles. The van der Waals surface area contributed by atoms with Gasteiger partial charge in [-0.2, -0.15) is 0 Å². The van der Waals surface area contributed by atoms with Gasteiger partial charge in [0.15, 0.2) is 0 Å². The molecule has 1 heterocycles. The Hall–Kier alpha value is -0.770. The number of furan rings is 1. The molecule has 1 atom stereocenters. The van der Waals surface area contributed by atoms with Gasteiger partial charge in [0.2, 0.25) is 5.91 Å². The average Bonchev–Trinajstić information content (AvgIpc) is 2.77. The lowest BCUT2D eigenvalue weighted by molar-refractivity contribution is -0.122. The molecule has 0 saturated heterocycles. The molecule has 18 heavy (non-hydrogen) atoms. The third-order valence-corrected chi connectivity index (χ3v) is 3.41. The van der Waals surface area contributed by atoms with Crippen molar-refractivity contribution in [1.29, 1.82) is 0 Å². The summed E-state index contributed by atoms with van der Waals surface area (Å²) in [6.45, 7) is 6.44. The van der Waals surface area contributed by atoms with E-state index in [0.29, 0.717) is 12.8 Å². The first-order valence-corrected chi connectivity index (χ1v) is 7.43. The number of hydrogen-bond donors (Lipinski definition) is 1. The van der Waals surface area contributed by atoms with Gasteiger partial charge in [0.25, 0.3) is 0 Å². The lowest BCUT2D eigenvalue weighted by Crippen LogP contribution is -2.44. The minimum atomic E-state index is 0.0775. The number of aryl methyl sites for hydroxylation is 1. The smallest absolute Gasteiger partial charge is 0.220 e. The number of hydrogen-bond acceptors (Lipinski definition) is 2. The fourth-order valence-corrected chi connectivity index (χ4v) is 2.25. The summed E-state index contributed by atoms with van der Waals surface area (Å²) in [6, 6.07) is 3.93. The molecule has 3 nitrogen and oxygen atoms in total. The van der Waals surface area contributed by atoms with E-state index in [-0.39, 0.29) is 17.4 Å². The van der Waals surface area contributed by atoms with Crippen molar-refractivity contribution in [1.82, 2.24) is 5.32 Å². The van der Waals surface area contributed by atoms with E-state index in [0.717, 1.165) is 17.5 Å². The number of rotatable bonds is 6. The Bertz CT molecular complexity index is 354. The van der Waals surface area contributed by atoms with Crippen LogP contribution in [0.1, 0.15) is 39.4 Å². The topological polar surface area (TPSA) is 42.2 Å². The Morgan fingerprint density at radius 2 is 2.22 bits per heavy atom. The predicted octanol–water partition coefficient (Wildman–Crippen LogP) is 3.53. The standard InChI is InChI=1S/C14H22BrNO2/c1-14(2,3)12(8-9-15)16-13(17)7-6-11-5-4-10-18-11/h4-5,10,12H,6-9H2,1-3H3,(H,16,17). The minimum Gasteiger partial charge on any atom is -0.469 e. The van der Waals surface area contributed by atoms with Crippen LogP contribution in [0.4, 0.5) is 0 Å². The van der Waals surface area contributed by atoms with E-state index in [1.54, 1.807) is 6.26 Å². The van der Waals surface area contributed by atoms with Crippen molar-refractivity contribution in [2.45, 2.75) is 46.1 Å². The number of halogens is 1. The molecule has 4 heteroatoms. The first-order valence-electron chi connectivity index (χ1n) is 6.31. The van der Waals surface area contributed by atoms with Crippen LogP contribution in [0.3, 0.4) is 0 Å². The molecular formula is C14H22BrNO2. The second-order valence-corrected chi connectivity index (χ2v) is 6.34. The lowest BCUT2D eigenvalue weighted by atomic mass is 9.85. The van der Waals surface area contributed by atoms with E-state index < -0.39 is 0 Å². The van der Waals surface area contributed by atoms with Gasteiger partial charge in [-0.15, -0.1) is 0 Å². The highest BCUT2D eigenvalue weighted by atomic mass is 79.9. The summed E-state index contributed by atoms with van der Waals surface area (Å²) in [5.74, 6) is 0.949. The van der Waals surface area contributed by atoms with Gasteiger partial charge in [0.05, 0.1) is 6.26 Å². The van der Waals surface area contributed by atoms with E-state index in [1.165, 1.54) is 0 Å². The number of carbonyl (C=O) groups is 1. The summed E-state index contributed by atoms with van der Waals surface area (Å²) in [6.07, 6.45) is 3.71. The molecule has 0 aliphatic heterocycles. The van der Waals surface area contributed by atoms with Gasteiger partial charge in [0.1, 0.15) is 5.76 Å². The largest absolute Gasteiger partial charge is 0.469 e. The highest BCUT2D eigenvalue weighted by Gasteiger charge is 2.25. The van der Waals surface area contributed by atoms with E-state index in [4.69, 9.17) is 4.42 Å². The van der Waals surface area contributed by atoms with Crippen LogP contribution in [0.15, 0.2) is 22.8 Å². The van der Waals surface area contributed by atoms with Gasteiger partial charge in [-0.05, 0) is 24.0 Å². The van der Waals surface area contributed by atoms with Crippen LogP contribution in [0.25, 0.3) is 0 Å². The summed E-state index contributed by atoms with van der Waals surface area (Å²) in [5.41, 5.74) is 0.0775. The van der Waals surface area contributed by atoms with E-state index in [9.17, 15) is 4.79 Å². The fraction of sp³-hybridized carbons (Fsp3) is 0.643. The molecule has 1 unspecified atom stereocenters. The maximum absolute atomic E-state index is 11.9. The summed E-state index contributed by atoms with van der Waals surface area (Å²) in [4.78, 5) is 11.9. The Balaban J connectivity index is 2.41. The molecule has 1 aromatic rings. The average molecular weight is 316 g/mol. The Morgan fingerprint density at radius 1 is 1.50 bits per heavy atom. The van der Waals surface area contributed by atoms with Crippen molar-refractivity contribution in [3.63, 3.8) is 0 Å². The van der Waals surface area contributed by atoms with Crippen LogP contribution in [-0.2, 0) is 11.2 Å². The van der Waals surface area contributed by atoms with Crippen LogP contribution < -0.4 is 5.32 Å². The van der Waals surface area contributed by atoms with Crippen molar-refractivity contribution < 1.29 is 9.21 Å². The van der Waals surface area contributed by atoms with E-state index in [2.05, 4.69) is 42.0 Å². The zero-order valence-corrected chi connectivity index (χ0v) is 12.9. The highest BCUT2D eigenvalue weighted by Crippen LogP contribution is 2.22. The minimum absolute atomic E-state index is 0.0775. The Morgan fingerprint density at radius 3 is 2.72 bits per heavy atom. The molecule has 1 aromatic heterocycles. The van der Waals surface area contributed by atoms with Gasteiger partial charge >= 0.3 is 0 Å². The molecule has 0 spiro atoms. The van der Waals surface area contributed by atoms with Crippen LogP contribution in [-0.4, -0.2) is 17.3 Å². The van der Waals surface area contributed by atoms with Gasteiger partial charge < -0.3 is 9.73 Å². The van der Waals surface area contributed by atoms with Crippen molar-refractivity contribution in [2.24, 2.45) is 5.41 Å². The van der Waals surface area contributed by atoms with Crippen molar-refractivity contribution in [3.8, 4) is 0 Å². The molecule has 1 rings (SSSR count). The lowest BCUT2D eigenvalue weighted by Gasteiger charge is -2.31. The van der Waals surface area contributed by atoms with Gasteiger partial charge in [-0.1, -0.05) is 36.7 Å². The molecule has 0 aromatic carbocycles. The second kappa shape index (κ2) is 6.98. The molecule has 0 fully saturated rings. The van der Waals surface area contributed by atoms with Crippen molar-refractivity contribution in [3.05, 3.63) is 24.2 Å². The third kappa shape index (κ3) is 5.25. The molecule has 1 amide bonds. The quantitative estimate of drug-likeness (QED) is 0.816. The van der Waals surface area contributed by atoms with Crippen LogP contribution in [0.2, 0.25) is 0 Å². The SMILES string of the molecule is CC(C)(C)C(CCBr)NC(=O)CCc1ccco1. The Labute approximate surface area is 117 Å². The van der Waals surface area contributed by atoms with Gasteiger partial charge in [0, 0.05) is 24.2 Å². The van der Waals surface area contributed by atoms with Crippen LogP contribution in [0.5, 0.6) is 0 Å². The first kappa shape index (κ1) is 15.3. The molecular weight excluding hydrogens is 294 g/mol. The third-order valence-electron chi connectivity index (χ3n) is 2.96. The van der Waals surface area contributed by atoms with Crippen molar-refractivity contribution in [2.75, 3.05) is 5.33 Å². The molecule has 102 valence electrons. The normalized spacial score (nSPS) is 13.3. The van der Waals surface area contributed by atoms with Crippen LogP contribution in [0, 0.1) is 5.41 Å². The monoisotopic (exact) mass is 315 g/mol. The second-order valence-electron chi connectivity index (χ2n) is 5.54. The van der Waals surface area contributed by atoms with Gasteiger partial charge in [-0.25, -0.2) is 0 Å². The maximum Gasteiger partial charge on any atom is 0.220 e. The number of alkyl halides is 1. The Kier molecular flexibility index (Phi) is 5.93. The zero-order chi connectivity index (χ0) is 13.6. The maximum atomic E-state index is 11.9. The zero-order valence-electron chi connectivity index (χ0n) is 11.3. The molecule has 0 radical (unpaired) electrons. The molecule has 0 bridgehead atoms. The van der Waals surface area contributed by atoms with E-state index >= 15 is 0 Å². The molecule has 1 N–H and O–H groups in total. The number of carbonyl (C=O) groups excluding carboxylic acids is 1. The molecule has 0 saturated carbocycles. The number of nitrogens with one attached hydrogen (secondary N) is 1. The van der Waals surface area contributed by atoms with E-state index in [1.807, 2.05) is 12.1 Å². The predicted molar refractivity (Wildman–Crippen MR) is 76.8 cm³/mol. The molecule has 0 aliphatic rings. The highest BCUT2D eigenvalue weighted by molar-refractivity contribution is 9.09.